The zero-order valence-corrected chi connectivity index (χ0v) is 13.4. The van der Waals surface area contributed by atoms with E-state index in [1.54, 1.807) is 0 Å². The van der Waals surface area contributed by atoms with Crippen LogP contribution in [-0.2, 0) is 16.0 Å². The summed E-state index contributed by atoms with van der Waals surface area (Å²) in [6.07, 6.45) is 2.59. The number of amides is 1. The molecule has 1 amide bonds. The molecule has 1 aromatic rings. The molecule has 3 unspecified atom stereocenters. The predicted octanol–water partition coefficient (Wildman–Crippen LogP) is 1.62. The average Bonchev–Trinajstić information content (AvgIpc) is 3.05. The predicted molar refractivity (Wildman–Crippen MR) is 87.1 cm³/mol. The van der Waals surface area contributed by atoms with Gasteiger partial charge in [-0.05, 0) is 36.3 Å². The van der Waals surface area contributed by atoms with E-state index in [9.17, 15) is 4.79 Å². The van der Waals surface area contributed by atoms with Gasteiger partial charge in [-0.25, -0.2) is 0 Å². The molecule has 22 heavy (non-hydrogen) atoms. The van der Waals surface area contributed by atoms with Gasteiger partial charge in [-0.1, -0.05) is 24.3 Å². The smallest absolute Gasteiger partial charge is 0.227 e. The highest BCUT2D eigenvalue weighted by Crippen LogP contribution is 2.56. The van der Waals surface area contributed by atoms with Crippen molar-refractivity contribution in [3.05, 3.63) is 35.4 Å². The van der Waals surface area contributed by atoms with Gasteiger partial charge >= 0.3 is 0 Å². The van der Waals surface area contributed by atoms with Gasteiger partial charge in [-0.15, -0.1) is 12.4 Å². The van der Waals surface area contributed by atoms with Gasteiger partial charge in [-0.2, -0.15) is 0 Å². The minimum absolute atomic E-state index is 0. The molecule has 3 atom stereocenters. The van der Waals surface area contributed by atoms with E-state index < -0.39 is 5.41 Å². The lowest BCUT2D eigenvalue weighted by atomic mass is 9.79. The van der Waals surface area contributed by atoms with Crippen LogP contribution in [0.15, 0.2) is 24.3 Å². The maximum absolute atomic E-state index is 12.7. The number of carbonyl (C=O) groups excluding carboxylic acids is 1. The first-order valence-electron chi connectivity index (χ1n) is 7.92. The second kappa shape index (κ2) is 5.84. The van der Waals surface area contributed by atoms with E-state index in [1.165, 1.54) is 11.1 Å². The van der Waals surface area contributed by atoms with E-state index in [0.29, 0.717) is 37.6 Å². The van der Waals surface area contributed by atoms with Gasteiger partial charge < -0.3 is 15.8 Å². The van der Waals surface area contributed by atoms with Crippen LogP contribution < -0.4 is 11.1 Å². The highest BCUT2D eigenvalue weighted by Gasteiger charge is 2.57. The topological polar surface area (TPSA) is 64.4 Å². The molecule has 5 heteroatoms. The molecule has 2 fully saturated rings. The van der Waals surface area contributed by atoms with Crippen molar-refractivity contribution in [2.75, 3.05) is 19.8 Å². The standard InChI is InChI=1S/C17H22N2O2.ClH/c18-10-17(5-7-21-8-6-17)16(20)19-15-13-9-11-3-1-2-4-12(11)14(13)15;/h1-4,13-15H,5-10,18H2,(H,19,20);1H. The van der Waals surface area contributed by atoms with Gasteiger partial charge in [0.05, 0.1) is 5.41 Å². The molecule has 1 saturated carbocycles. The van der Waals surface area contributed by atoms with Gasteiger partial charge in [-0.3, -0.25) is 4.79 Å². The van der Waals surface area contributed by atoms with E-state index in [1.807, 2.05) is 0 Å². The molecule has 3 N–H and O–H groups in total. The number of hydrogen-bond donors (Lipinski definition) is 2. The Kier molecular flexibility index (Phi) is 4.19. The van der Waals surface area contributed by atoms with Gasteiger partial charge in [0.15, 0.2) is 0 Å². The Labute approximate surface area is 137 Å². The molecule has 2 aliphatic carbocycles. The van der Waals surface area contributed by atoms with Crippen molar-refractivity contribution in [3.63, 3.8) is 0 Å². The zero-order chi connectivity index (χ0) is 14.4. The number of halogens is 1. The van der Waals surface area contributed by atoms with Crippen molar-refractivity contribution >= 4 is 18.3 Å². The van der Waals surface area contributed by atoms with E-state index in [4.69, 9.17) is 10.5 Å². The molecule has 1 aromatic carbocycles. The zero-order valence-electron chi connectivity index (χ0n) is 12.6. The Morgan fingerprint density at radius 1 is 1.32 bits per heavy atom. The Bertz CT molecular complexity index is 572. The van der Waals surface area contributed by atoms with Crippen LogP contribution in [0.5, 0.6) is 0 Å². The summed E-state index contributed by atoms with van der Waals surface area (Å²) in [7, 11) is 0. The molecule has 120 valence electrons. The Morgan fingerprint density at radius 3 is 2.77 bits per heavy atom. The summed E-state index contributed by atoms with van der Waals surface area (Å²) in [6, 6.07) is 8.93. The lowest BCUT2D eigenvalue weighted by Gasteiger charge is -2.34. The molecular formula is C17H23ClN2O2. The number of nitrogens with one attached hydrogen (secondary N) is 1. The summed E-state index contributed by atoms with van der Waals surface area (Å²) >= 11 is 0. The first-order valence-corrected chi connectivity index (χ1v) is 7.92. The van der Waals surface area contributed by atoms with Crippen LogP contribution in [0.1, 0.15) is 29.9 Å². The Balaban J connectivity index is 0.00000144. The third-order valence-corrected chi connectivity index (χ3v) is 5.66. The minimum Gasteiger partial charge on any atom is -0.381 e. The van der Waals surface area contributed by atoms with Crippen molar-refractivity contribution < 1.29 is 9.53 Å². The second-order valence-corrected chi connectivity index (χ2v) is 6.69. The lowest BCUT2D eigenvalue weighted by Crippen LogP contribution is -2.50. The number of nitrogens with two attached hydrogens (primary N) is 1. The van der Waals surface area contributed by atoms with Crippen LogP contribution >= 0.6 is 12.4 Å². The van der Waals surface area contributed by atoms with Gasteiger partial charge in [0, 0.05) is 31.7 Å². The quantitative estimate of drug-likeness (QED) is 0.889. The molecule has 1 saturated heterocycles. The summed E-state index contributed by atoms with van der Waals surface area (Å²) in [5.41, 5.74) is 8.39. The average molecular weight is 323 g/mol. The summed E-state index contributed by atoms with van der Waals surface area (Å²) in [5.74, 6) is 1.27. The monoisotopic (exact) mass is 322 g/mol. The third-order valence-electron chi connectivity index (χ3n) is 5.66. The molecule has 0 radical (unpaired) electrons. The number of carbonyl (C=O) groups is 1. The van der Waals surface area contributed by atoms with Crippen LogP contribution in [0.3, 0.4) is 0 Å². The summed E-state index contributed by atoms with van der Waals surface area (Å²) in [4.78, 5) is 12.7. The van der Waals surface area contributed by atoms with Crippen molar-refractivity contribution in [1.82, 2.24) is 5.32 Å². The molecule has 0 spiro atoms. The first kappa shape index (κ1) is 15.8. The van der Waals surface area contributed by atoms with Crippen LogP contribution in [0.2, 0.25) is 0 Å². The van der Waals surface area contributed by atoms with E-state index in [0.717, 1.165) is 19.3 Å². The van der Waals surface area contributed by atoms with Gasteiger partial charge in [0.1, 0.15) is 0 Å². The highest BCUT2D eigenvalue weighted by atomic mass is 35.5. The molecule has 0 bridgehead atoms. The van der Waals surface area contributed by atoms with Crippen molar-refractivity contribution in [3.8, 4) is 0 Å². The first-order chi connectivity index (χ1) is 10.2. The van der Waals surface area contributed by atoms with Gasteiger partial charge in [0.2, 0.25) is 5.91 Å². The molecule has 1 aliphatic heterocycles. The summed E-state index contributed by atoms with van der Waals surface area (Å²) in [6.45, 7) is 1.71. The second-order valence-electron chi connectivity index (χ2n) is 6.69. The lowest BCUT2D eigenvalue weighted by molar-refractivity contribution is -0.136. The number of ether oxygens (including phenoxy) is 1. The Hall–Kier alpha value is -1.10. The minimum atomic E-state index is -0.408. The molecule has 4 rings (SSSR count). The maximum Gasteiger partial charge on any atom is 0.227 e. The van der Waals surface area contributed by atoms with Crippen LogP contribution in [0.25, 0.3) is 0 Å². The number of hydrogen-bond acceptors (Lipinski definition) is 3. The molecule has 4 nitrogen and oxygen atoms in total. The van der Waals surface area contributed by atoms with Crippen molar-refractivity contribution in [2.45, 2.75) is 31.2 Å². The normalized spacial score (nSPS) is 30.7. The number of benzene rings is 1. The fraction of sp³-hybridized carbons (Fsp3) is 0.588. The van der Waals surface area contributed by atoms with E-state index in [-0.39, 0.29) is 18.3 Å². The molecule has 0 aromatic heterocycles. The van der Waals surface area contributed by atoms with Crippen LogP contribution in [-0.4, -0.2) is 31.7 Å². The summed E-state index contributed by atoms with van der Waals surface area (Å²) < 4.78 is 5.38. The summed E-state index contributed by atoms with van der Waals surface area (Å²) in [5, 5.41) is 3.28. The highest BCUT2D eigenvalue weighted by molar-refractivity contribution is 5.85. The molecular weight excluding hydrogens is 300 g/mol. The van der Waals surface area contributed by atoms with E-state index >= 15 is 0 Å². The molecule has 3 aliphatic rings. The number of rotatable bonds is 3. The molecule has 1 heterocycles. The largest absolute Gasteiger partial charge is 0.381 e. The van der Waals surface area contributed by atoms with Crippen LogP contribution in [0, 0.1) is 11.3 Å². The third kappa shape index (κ3) is 2.34. The van der Waals surface area contributed by atoms with Crippen molar-refractivity contribution in [1.29, 1.82) is 0 Å². The maximum atomic E-state index is 12.7. The Morgan fingerprint density at radius 2 is 2.05 bits per heavy atom. The fourth-order valence-electron chi connectivity index (χ4n) is 4.14. The van der Waals surface area contributed by atoms with Gasteiger partial charge in [0.25, 0.3) is 0 Å². The van der Waals surface area contributed by atoms with Crippen molar-refractivity contribution in [2.24, 2.45) is 17.1 Å². The SMILES string of the molecule is Cl.NCC1(C(=O)NC2C3Cc4ccccc4C32)CCOCC1. The number of fused-ring (bicyclic) bond motifs is 3. The fourth-order valence-corrected chi connectivity index (χ4v) is 4.14. The van der Waals surface area contributed by atoms with E-state index in [2.05, 4.69) is 29.6 Å². The van der Waals surface area contributed by atoms with Crippen LogP contribution in [0.4, 0.5) is 0 Å².